The number of benzene rings is 1. The number of anilines is 2. The first kappa shape index (κ1) is 23.1. The number of hydrogen-bond donors (Lipinski definition) is 2. The molecule has 4 heterocycles. The topological polar surface area (TPSA) is 91.5 Å². The molecule has 0 bridgehead atoms. The van der Waals surface area contributed by atoms with Gasteiger partial charge in [-0.05, 0) is 45.7 Å². The fraction of sp³-hybridized carbons (Fsp3) is 0.391. The van der Waals surface area contributed by atoms with E-state index < -0.39 is 11.4 Å². The van der Waals surface area contributed by atoms with E-state index in [0.29, 0.717) is 34.8 Å². The van der Waals surface area contributed by atoms with Crippen LogP contribution in [0.4, 0.5) is 15.9 Å². The number of halogens is 2. The highest BCUT2D eigenvalue weighted by atomic mass is 35.5. The second-order valence-corrected chi connectivity index (χ2v) is 8.94. The average Bonchev–Trinajstić information content (AvgIpc) is 3.41. The summed E-state index contributed by atoms with van der Waals surface area (Å²) in [5.41, 5.74) is 2.98. The van der Waals surface area contributed by atoms with Crippen LogP contribution in [0.5, 0.6) is 0 Å². The smallest absolute Gasteiger partial charge is 0.177 e. The number of aryl methyl sites for hydroxylation is 1. The molecule has 3 aromatic heterocycles. The van der Waals surface area contributed by atoms with Gasteiger partial charge in [-0.15, -0.1) is 17.5 Å². The summed E-state index contributed by atoms with van der Waals surface area (Å²) in [5, 5.41) is 18.3. The van der Waals surface area contributed by atoms with Crippen molar-refractivity contribution in [2.45, 2.75) is 39.2 Å². The summed E-state index contributed by atoms with van der Waals surface area (Å²) < 4.78 is 16.1. The normalized spacial score (nSPS) is 14.2. The molecule has 0 atom stereocenters. The molecular weight excluding hydrogens is 445 g/mol. The fourth-order valence-electron chi connectivity index (χ4n) is 3.99. The van der Waals surface area contributed by atoms with Gasteiger partial charge in [-0.2, -0.15) is 0 Å². The lowest BCUT2D eigenvalue weighted by atomic mass is 10.1. The Hall–Kier alpha value is -3.04. The van der Waals surface area contributed by atoms with Crippen molar-refractivity contribution >= 4 is 40.6 Å². The average molecular weight is 472 g/mol. The first-order valence-corrected chi connectivity index (χ1v) is 10.8. The maximum absolute atomic E-state index is 14.3. The van der Waals surface area contributed by atoms with Crippen LogP contribution in [0.25, 0.3) is 28.1 Å². The van der Waals surface area contributed by atoms with E-state index in [1.165, 1.54) is 6.07 Å². The molecule has 1 aliphatic rings. The Morgan fingerprint density at radius 3 is 2.64 bits per heavy atom. The summed E-state index contributed by atoms with van der Waals surface area (Å²) in [6.45, 7) is 7.61. The van der Waals surface area contributed by atoms with E-state index >= 15 is 0 Å². The Bertz CT molecular complexity index is 1310. The molecule has 1 aromatic carbocycles. The van der Waals surface area contributed by atoms with E-state index in [9.17, 15) is 9.50 Å². The van der Waals surface area contributed by atoms with E-state index in [1.807, 2.05) is 13.0 Å². The Labute approximate surface area is 197 Å². The highest BCUT2D eigenvalue weighted by Crippen LogP contribution is 2.29. The zero-order valence-corrected chi connectivity index (χ0v) is 19.7. The van der Waals surface area contributed by atoms with Crippen molar-refractivity contribution in [2.24, 2.45) is 0 Å². The Morgan fingerprint density at radius 1 is 1.15 bits per heavy atom. The molecule has 0 radical (unpaired) electrons. The van der Waals surface area contributed by atoms with E-state index in [-0.39, 0.29) is 17.9 Å². The molecule has 0 saturated carbocycles. The first-order chi connectivity index (χ1) is 15.3. The first-order valence-electron chi connectivity index (χ1n) is 10.8. The number of aromatic nitrogens is 5. The largest absolute Gasteiger partial charge is 0.389 e. The van der Waals surface area contributed by atoms with Crippen LogP contribution in [0.15, 0.2) is 30.5 Å². The second-order valence-electron chi connectivity index (χ2n) is 8.94. The van der Waals surface area contributed by atoms with Gasteiger partial charge in [0.05, 0.1) is 28.7 Å². The molecule has 4 aromatic rings. The zero-order chi connectivity index (χ0) is 22.5. The molecule has 174 valence electrons. The van der Waals surface area contributed by atoms with E-state index in [4.69, 9.17) is 10.1 Å². The summed E-state index contributed by atoms with van der Waals surface area (Å²) in [7, 11) is 0. The van der Waals surface area contributed by atoms with Crippen LogP contribution in [-0.2, 0) is 0 Å². The molecule has 1 aliphatic heterocycles. The summed E-state index contributed by atoms with van der Waals surface area (Å²) in [6, 6.07) is 6.72. The van der Waals surface area contributed by atoms with Crippen molar-refractivity contribution < 1.29 is 9.50 Å². The van der Waals surface area contributed by atoms with Crippen LogP contribution in [0.2, 0.25) is 0 Å². The minimum atomic E-state index is -0.887. The lowest BCUT2D eigenvalue weighted by Crippen LogP contribution is -2.29. The predicted octanol–water partition coefficient (Wildman–Crippen LogP) is 3.99. The van der Waals surface area contributed by atoms with E-state index in [1.54, 1.807) is 36.7 Å². The lowest BCUT2D eigenvalue weighted by Gasteiger charge is -2.21. The molecule has 1 fully saturated rings. The lowest BCUT2D eigenvalue weighted by molar-refractivity contribution is 0.0945. The maximum Gasteiger partial charge on any atom is 0.177 e. The quantitative estimate of drug-likeness (QED) is 0.454. The van der Waals surface area contributed by atoms with Crippen LogP contribution in [0, 0.1) is 12.7 Å². The molecule has 0 amide bonds. The van der Waals surface area contributed by atoms with Gasteiger partial charge in [0, 0.05) is 25.7 Å². The van der Waals surface area contributed by atoms with Gasteiger partial charge in [-0.3, -0.25) is 0 Å². The Morgan fingerprint density at radius 2 is 1.91 bits per heavy atom. The van der Waals surface area contributed by atoms with Crippen molar-refractivity contribution in [3.8, 4) is 11.4 Å². The molecule has 0 spiro atoms. The molecular formula is C23H27ClFN7O. The predicted molar refractivity (Wildman–Crippen MR) is 130 cm³/mol. The molecule has 5 rings (SSSR count). The van der Waals surface area contributed by atoms with Gasteiger partial charge in [-0.25, -0.2) is 23.9 Å². The monoisotopic (exact) mass is 471 g/mol. The summed E-state index contributed by atoms with van der Waals surface area (Å²) in [4.78, 5) is 16.1. The molecule has 10 heteroatoms. The van der Waals surface area contributed by atoms with Crippen molar-refractivity contribution in [1.29, 1.82) is 0 Å². The number of aliphatic hydroxyl groups is 1. The Balaban J connectivity index is 0.00000259. The number of nitrogens with one attached hydrogen (secondary N) is 1. The maximum atomic E-state index is 14.3. The van der Waals surface area contributed by atoms with Gasteiger partial charge in [-0.1, -0.05) is 6.07 Å². The summed E-state index contributed by atoms with van der Waals surface area (Å²) >= 11 is 0. The molecule has 33 heavy (non-hydrogen) atoms. The van der Waals surface area contributed by atoms with Crippen LogP contribution in [0.3, 0.4) is 0 Å². The second kappa shape index (κ2) is 8.72. The third kappa shape index (κ3) is 4.56. The van der Waals surface area contributed by atoms with E-state index in [2.05, 4.69) is 20.2 Å². The molecule has 1 saturated heterocycles. The Kier molecular flexibility index (Phi) is 6.11. The number of rotatable bonds is 5. The number of imidazole rings is 1. The zero-order valence-electron chi connectivity index (χ0n) is 18.8. The third-order valence-electron chi connectivity index (χ3n) is 5.62. The van der Waals surface area contributed by atoms with Gasteiger partial charge >= 0.3 is 0 Å². The highest BCUT2D eigenvalue weighted by Gasteiger charge is 2.21. The van der Waals surface area contributed by atoms with Gasteiger partial charge in [0.2, 0.25) is 0 Å². The van der Waals surface area contributed by atoms with Crippen molar-refractivity contribution in [1.82, 2.24) is 24.6 Å². The minimum Gasteiger partial charge on any atom is -0.389 e. The number of nitrogens with zero attached hydrogens (tertiary/aromatic N) is 6. The standard InChI is InChI=1S/C23H26FN7O.ClH/c1-14-20(28-21-15(24)7-6-8-16(21)26-14)18-12-31-22(27-18)17(25-13-23(2,3)32)11-19(29-31)30-9-4-5-10-30;/h6-8,11-12,25,32H,4-5,9-10,13H2,1-3H3;1H. The molecule has 0 unspecified atom stereocenters. The minimum absolute atomic E-state index is 0. The van der Waals surface area contributed by atoms with Crippen molar-refractivity contribution in [3.05, 3.63) is 42.0 Å². The number of fused-ring (bicyclic) bond motifs is 2. The third-order valence-corrected chi connectivity index (χ3v) is 5.62. The van der Waals surface area contributed by atoms with Crippen molar-refractivity contribution in [2.75, 3.05) is 29.9 Å². The number of para-hydroxylation sites is 1. The van der Waals surface area contributed by atoms with Gasteiger partial charge in [0.1, 0.15) is 16.9 Å². The van der Waals surface area contributed by atoms with Gasteiger partial charge in [0.25, 0.3) is 0 Å². The van der Waals surface area contributed by atoms with Gasteiger partial charge in [0.15, 0.2) is 17.3 Å². The van der Waals surface area contributed by atoms with Crippen LogP contribution in [-0.4, -0.2) is 54.9 Å². The highest BCUT2D eigenvalue weighted by molar-refractivity contribution is 5.85. The summed E-state index contributed by atoms with van der Waals surface area (Å²) in [5.74, 6) is 0.437. The van der Waals surface area contributed by atoms with Crippen LogP contribution in [0.1, 0.15) is 32.4 Å². The van der Waals surface area contributed by atoms with Crippen LogP contribution >= 0.6 is 12.4 Å². The summed E-state index contributed by atoms with van der Waals surface area (Å²) in [6.07, 6.45) is 4.07. The number of hydrogen-bond acceptors (Lipinski definition) is 7. The molecule has 2 N–H and O–H groups in total. The van der Waals surface area contributed by atoms with E-state index in [0.717, 1.165) is 37.4 Å². The van der Waals surface area contributed by atoms with Crippen LogP contribution < -0.4 is 10.2 Å². The SMILES string of the molecule is Cc1nc2cccc(F)c2nc1-c1cn2nc(N3CCCC3)cc(NCC(C)(C)O)c2n1.Cl. The van der Waals surface area contributed by atoms with Gasteiger partial charge < -0.3 is 15.3 Å². The fourth-order valence-corrected chi connectivity index (χ4v) is 3.99. The molecule has 8 nitrogen and oxygen atoms in total. The van der Waals surface area contributed by atoms with Crippen molar-refractivity contribution in [3.63, 3.8) is 0 Å². The molecule has 0 aliphatic carbocycles.